The average Bonchev–Trinajstić information content (AvgIpc) is 2.44. The SMILES string of the molecule is N#CCOc1ccc(NCc2cccc(Br)n2)cc1. The average molecular weight is 318 g/mol. The number of aromatic nitrogens is 1. The molecule has 1 aromatic heterocycles. The zero-order valence-corrected chi connectivity index (χ0v) is 11.7. The Balaban J connectivity index is 1.91. The first-order valence-electron chi connectivity index (χ1n) is 5.73. The standard InChI is InChI=1S/C14H12BrN3O/c15-14-3-1-2-12(18-14)10-17-11-4-6-13(7-5-11)19-9-8-16/h1-7,17H,9-10H2. The number of pyridine rings is 1. The number of hydrogen-bond acceptors (Lipinski definition) is 4. The Morgan fingerprint density at radius 2 is 2.00 bits per heavy atom. The van der Waals surface area contributed by atoms with E-state index in [1.165, 1.54) is 0 Å². The lowest BCUT2D eigenvalue weighted by atomic mass is 10.3. The van der Waals surface area contributed by atoms with Gasteiger partial charge in [0.25, 0.3) is 0 Å². The lowest BCUT2D eigenvalue weighted by Gasteiger charge is -2.07. The highest BCUT2D eigenvalue weighted by Gasteiger charge is 1.97. The van der Waals surface area contributed by atoms with Crippen LogP contribution in [-0.4, -0.2) is 11.6 Å². The van der Waals surface area contributed by atoms with E-state index in [-0.39, 0.29) is 6.61 Å². The normalized spacial score (nSPS) is 9.68. The zero-order chi connectivity index (χ0) is 13.5. The largest absolute Gasteiger partial charge is 0.479 e. The smallest absolute Gasteiger partial charge is 0.174 e. The van der Waals surface area contributed by atoms with Crippen LogP contribution in [0.1, 0.15) is 5.69 Å². The van der Waals surface area contributed by atoms with Gasteiger partial charge < -0.3 is 10.1 Å². The number of nitriles is 1. The van der Waals surface area contributed by atoms with Crippen LogP contribution in [-0.2, 0) is 6.54 Å². The van der Waals surface area contributed by atoms with Gasteiger partial charge in [-0.05, 0) is 52.3 Å². The number of ether oxygens (including phenoxy) is 1. The van der Waals surface area contributed by atoms with E-state index >= 15 is 0 Å². The Labute approximate surface area is 120 Å². The predicted octanol–water partition coefficient (Wildman–Crippen LogP) is 3.36. The molecule has 2 aromatic rings. The maximum Gasteiger partial charge on any atom is 0.174 e. The van der Waals surface area contributed by atoms with Crippen molar-refractivity contribution in [2.24, 2.45) is 0 Å². The van der Waals surface area contributed by atoms with Crippen molar-refractivity contribution in [1.29, 1.82) is 5.26 Å². The Bertz CT molecular complexity index is 578. The molecule has 0 bridgehead atoms. The fourth-order valence-electron chi connectivity index (χ4n) is 1.53. The quantitative estimate of drug-likeness (QED) is 0.859. The number of anilines is 1. The molecule has 0 aliphatic rings. The minimum absolute atomic E-state index is 0.0642. The number of rotatable bonds is 5. The summed E-state index contributed by atoms with van der Waals surface area (Å²) in [6.45, 7) is 0.715. The lowest BCUT2D eigenvalue weighted by Crippen LogP contribution is -2.01. The van der Waals surface area contributed by atoms with E-state index in [0.29, 0.717) is 12.3 Å². The molecule has 1 aromatic carbocycles. The van der Waals surface area contributed by atoms with Gasteiger partial charge in [0.1, 0.15) is 16.4 Å². The van der Waals surface area contributed by atoms with E-state index in [1.807, 2.05) is 48.5 Å². The van der Waals surface area contributed by atoms with Crippen molar-refractivity contribution in [3.05, 3.63) is 52.8 Å². The summed E-state index contributed by atoms with van der Waals surface area (Å²) < 4.78 is 6.01. The summed E-state index contributed by atoms with van der Waals surface area (Å²) in [5.41, 5.74) is 1.94. The highest BCUT2D eigenvalue weighted by Crippen LogP contribution is 2.16. The molecule has 1 heterocycles. The molecule has 0 saturated carbocycles. The zero-order valence-electron chi connectivity index (χ0n) is 10.1. The van der Waals surface area contributed by atoms with Crippen molar-refractivity contribution in [3.8, 4) is 11.8 Å². The van der Waals surface area contributed by atoms with Crippen LogP contribution in [0.3, 0.4) is 0 Å². The topological polar surface area (TPSA) is 57.9 Å². The second-order valence-corrected chi connectivity index (χ2v) is 4.59. The molecule has 4 nitrogen and oxygen atoms in total. The maximum atomic E-state index is 8.42. The predicted molar refractivity (Wildman–Crippen MR) is 76.8 cm³/mol. The van der Waals surface area contributed by atoms with Gasteiger partial charge in [0.15, 0.2) is 6.61 Å². The molecule has 1 N–H and O–H groups in total. The number of benzene rings is 1. The number of nitrogens with zero attached hydrogens (tertiary/aromatic N) is 2. The van der Waals surface area contributed by atoms with Gasteiger partial charge in [-0.25, -0.2) is 4.98 Å². The van der Waals surface area contributed by atoms with Gasteiger partial charge in [0.2, 0.25) is 0 Å². The van der Waals surface area contributed by atoms with Gasteiger partial charge in [0, 0.05) is 5.69 Å². The summed E-state index contributed by atoms with van der Waals surface area (Å²) in [6.07, 6.45) is 0. The molecule has 5 heteroatoms. The van der Waals surface area contributed by atoms with Crippen LogP contribution >= 0.6 is 15.9 Å². The second-order valence-electron chi connectivity index (χ2n) is 3.78. The first-order valence-corrected chi connectivity index (χ1v) is 6.52. The molecular weight excluding hydrogens is 306 g/mol. The van der Waals surface area contributed by atoms with Crippen LogP contribution in [0.2, 0.25) is 0 Å². The van der Waals surface area contributed by atoms with Gasteiger partial charge in [-0.1, -0.05) is 6.07 Å². The molecule has 0 aliphatic carbocycles. The minimum Gasteiger partial charge on any atom is -0.479 e. The van der Waals surface area contributed by atoms with E-state index in [1.54, 1.807) is 0 Å². The van der Waals surface area contributed by atoms with Gasteiger partial charge in [-0.15, -0.1) is 0 Å². The summed E-state index contributed by atoms with van der Waals surface area (Å²) >= 11 is 3.34. The molecule has 0 atom stereocenters. The first-order chi connectivity index (χ1) is 9.28. The van der Waals surface area contributed by atoms with Gasteiger partial charge >= 0.3 is 0 Å². The van der Waals surface area contributed by atoms with Crippen molar-refractivity contribution >= 4 is 21.6 Å². The fourth-order valence-corrected chi connectivity index (χ4v) is 1.91. The molecule has 0 amide bonds. The Morgan fingerprint density at radius 3 is 2.68 bits per heavy atom. The number of hydrogen-bond donors (Lipinski definition) is 1. The summed E-state index contributed by atoms with van der Waals surface area (Å²) in [5, 5.41) is 11.7. The summed E-state index contributed by atoms with van der Waals surface area (Å²) in [6, 6.07) is 15.2. The molecule has 0 radical (unpaired) electrons. The van der Waals surface area contributed by atoms with E-state index < -0.39 is 0 Å². The Kier molecular flexibility index (Phi) is 4.76. The van der Waals surface area contributed by atoms with Crippen LogP contribution in [0.15, 0.2) is 47.1 Å². The van der Waals surface area contributed by atoms with Crippen LogP contribution in [0, 0.1) is 11.3 Å². The van der Waals surface area contributed by atoms with E-state index in [4.69, 9.17) is 10.00 Å². The number of nitrogens with one attached hydrogen (secondary N) is 1. The van der Waals surface area contributed by atoms with Crippen LogP contribution in [0.5, 0.6) is 5.75 Å². The van der Waals surface area contributed by atoms with E-state index in [0.717, 1.165) is 16.0 Å². The molecule has 0 fully saturated rings. The van der Waals surface area contributed by atoms with E-state index in [2.05, 4.69) is 26.2 Å². The third kappa shape index (κ3) is 4.27. The van der Waals surface area contributed by atoms with Crippen molar-refractivity contribution in [1.82, 2.24) is 4.98 Å². The van der Waals surface area contributed by atoms with Crippen molar-refractivity contribution in [3.63, 3.8) is 0 Å². The molecule has 0 aliphatic heterocycles. The highest BCUT2D eigenvalue weighted by atomic mass is 79.9. The minimum atomic E-state index is 0.0642. The monoisotopic (exact) mass is 317 g/mol. The Hall–Kier alpha value is -2.06. The molecule has 0 spiro atoms. The van der Waals surface area contributed by atoms with Crippen LogP contribution < -0.4 is 10.1 Å². The van der Waals surface area contributed by atoms with E-state index in [9.17, 15) is 0 Å². The third-order valence-electron chi connectivity index (χ3n) is 2.40. The molecular formula is C14H12BrN3O. The molecule has 19 heavy (non-hydrogen) atoms. The molecule has 2 rings (SSSR count). The molecule has 96 valence electrons. The summed E-state index contributed by atoms with van der Waals surface area (Å²) in [7, 11) is 0. The van der Waals surface area contributed by atoms with Crippen molar-refractivity contribution in [2.75, 3.05) is 11.9 Å². The summed E-state index contributed by atoms with van der Waals surface area (Å²) in [5.74, 6) is 0.688. The molecule has 0 unspecified atom stereocenters. The van der Waals surface area contributed by atoms with Crippen molar-refractivity contribution in [2.45, 2.75) is 6.54 Å². The van der Waals surface area contributed by atoms with Crippen molar-refractivity contribution < 1.29 is 4.74 Å². The lowest BCUT2D eigenvalue weighted by molar-refractivity contribution is 0.368. The van der Waals surface area contributed by atoms with Gasteiger partial charge in [-0.3, -0.25) is 0 Å². The second kappa shape index (κ2) is 6.76. The van der Waals surface area contributed by atoms with Gasteiger partial charge in [-0.2, -0.15) is 5.26 Å². The Morgan fingerprint density at radius 1 is 1.21 bits per heavy atom. The molecule has 0 saturated heterocycles. The summed E-state index contributed by atoms with van der Waals surface area (Å²) in [4.78, 5) is 4.34. The fraction of sp³-hybridized carbons (Fsp3) is 0.143. The highest BCUT2D eigenvalue weighted by molar-refractivity contribution is 9.10. The third-order valence-corrected chi connectivity index (χ3v) is 2.85. The number of halogens is 1. The maximum absolute atomic E-state index is 8.42. The first kappa shape index (κ1) is 13.4. The van der Waals surface area contributed by atoms with Crippen LogP contribution in [0.4, 0.5) is 5.69 Å². The van der Waals surface area contributed by atoms with Gasteiger partial charge in [0.05, 0.1) is 12.2 Å². The van der Waals surface area contributed by atoms with Crippen LogP contribution in [0.25, 0.3) is 0 Å².